The highest BCUT2D eigenvalue weighted by molar-refractivity contribution is 7.89. The summed E-state index contributed by atoms with van der Waals surface area (Å²) in [4.78, 5) is 8.45. The molecule has 1 aromatic rings. The Hall–Kier alpha value is -1.17. The summed E-state index contributed by atoms with van der Waals surface area (Å²) in [6, 6.07) is 0. The summed E-state index contributed by atoms with van der Waals surface area (Å²) in [5.74, 6) is 0.644. The minimum atomic E-state index is -3.11. The van der Waals surface area contributed by atoms with Gasteiger partial charge in [-0.1, -0.05) is 6.42 Å². The Morgan fingerprint density at radius 1 is 1.18 bits per heavy atom. The number of hydrogen-bond acceptors (Lipinski definition) is 5. The van der Waals surface area contributed by atoms with Gasteiger partial charge >= 0.3 is 0 Å². The number of aromatic nitrogens is 2. The first kappa shape index (κ1) is 12.3. The average Bonchev–Trinajstić information content (AvgIpc) is 2.40. The second-order valence-corrected chi connectivity index (χ2v) is 6.72. The monoisotopic (exact) mass is 255 g/mol. The van der Waals surface area contributed by atoms with Crippen LogP contribution in [0.15, 0.2) is 0 Å². The Kier molecular flexibility index (Phi) is 3.33. The van der Waals surface area contributed by atoms with E-state index in [0.29, 0.717) is 11.6 Å². The predicted octanol–water partition coefficient (Wildman–Crippen LogP) is 0.872. The molecule has 0 atom stereocenters. The number of hydrogen-bond donors (Lipinski definition) is 1. The summed E-state index contributed by atoms with van der Waals surface area (Å²) in [6.45, 7) is 0. The SMILES string of the molecule is CS(=O)(=O)Cc1nc(N)c2c(n1)CCCCC2. The van der Waals surface area contributed by atoms with Gasteiger partial charge in [0, 0.05) is 17.5 Å². The molecule has 1 aromatic heterocycles. The van der Waals surface area contributed by atoms with Crippen LogP contribution in [-0.4, -0.2) is 24.6 Å². The summed E-state index contributed by atoms with van der Waals surface area (Å²) in [6.07, 6.45) is 6.31. The lowest BCUT2D eigenvalue weighted by molar-refractivity contribution is 0.599. The van der Waals surface area contributed by atoms with Crippen LogP contribution in [0.5, 0.6) is 0 Å². The largest absolute Gasteiger partial charge is 0.383 e. The molecule has 1 aliphatic rings. The van der Waals surface area contributed by atoms with Gasteiger partial charge in [-0.3, -0.25) is 0 Å². The van der Waals surface area contributed by atoms with Gasteiger partial charge in [-0.15, -0.1) is 0 Å². The highest BCUT2D eigenvalue weighted by Gasteiger charge is 2.16. The molecule has 2 N–H and O–H groups in total. The molecule has 0 saturated carbocycles. The van der Waals surface area contributed by atoms with Crippen molar-refractivity contribution in [3.05, 3.63) is 17.1 Å². The Labute approximate surface area is 101 Å². The summed E-state index contributed by atoms with van der Waals surface area (Å²) in [5, 5.41) is 0. The van der Waals surface area contributed by atoms with Crippen molar-refractivity contribution in [1.82, 2.24) is 9.97 Å². The fraction of sp³-hybridized carbons (Fsp3) is 0.636. The molecule has 0 aliphatic heterocycles. The van der Waals surface area contributed by atoms with E-state index in [4.69, 9.17) is 5.73 Å². The molecule has 0 fully saturated rings. The summed E-state index contributed by atoms with van der Waals surface area (Å²) in [5.41, 5.74) is 7.84. The lowest BCUT2D eigenvalue weighted by Crippen LogP contribution is -2.12. The Bertz CT molecular complexity index is 526. The van der Waals surface area contributed by atoms with Gasteiger partial charge < -0.3 is 5.73 Å². The van der Waals surface area contributed by atoms with Crippen LogP contribution >= 0.6 is 0 Å². The number of nitrogens with zero attached hydrogens (tertiary/aromatic N) is 2. The van der Waals surface area contributed by atoms with E-state index in [1.165, 1.54) is 6.26 Å². The normalized spacial score (nSPS) is 16.3. The van der Waals surface area contributed by atoms with Gasteiger partial charge in [-0.2, -0.15) is 0 Å². The van der Waals surface area contributed by atoms with E-state index >= 15 is 0 Å². The number of nitrogen functional groups attached to an aromatic ring is 1. The molecule has 0 radical (unpaired) electrons. The first-order valence-corrected chi connectivity index (χ1v) is 7.83. The lowest BCUT2D eigenvalue weighted by Gasteiger charge is -2.09. The minimum Gasteiger partial charge on any atom is -0.383 e. The van der Waals surface area contributed by atoms with E-state index in [1.54, 1.807) is 0 Å². The molecule has 2 rings (SSSR count). The number of rotatable bonds is 2. The zero-order chi connectivity index (χ0) is 12.5. The second-order valence-electron chi connectivity index (χ2n) is 4.58. The van der Waals surface area contributed by atoms with Crippen molar-refractivity contribution < 1.29 is 8.42 Å². The molecule has 0 aromatic carbocycles. The molecular weight excluding hydrogens is 238 g/mol. The molecule has 1 aliphatic carbocycles. The van der Waals surface area contributed by atoms with Crippen LogP contribution in [0.25, 0.3) is 0 Å². The van der Waals surface area contributed by atoms with E-state index in [2.05, 4.69) is 9.97 Å². The number of sulfone groups is 1. The average molecular weight is 255 g/mol. The van der Waals surface area contributed by atoms with E-state index in [-0.39, 0.29) is 5.75 Å². The second kappa shape index (κ2) is 4.60. The quantitative estimate of drug-likeness (QED) is 0.792. The maximum absolute atomic E-state index is 11.2. The van der Waals surface area contributed by atoms with Crippen LogP contribution in [-0.2, 0) is 28.4 Å². The standard InChI is InChI=1S/C11H17N3O2S/c1-17(15,16)7-10-13-9-6-4-2-3-5-8(9)11(12)14-10/h2-7H2,1H3,(H2,12,13,14). The predicted molar refractivity (Wildman–Crippen MR) is 66.3 cm³/mol. The van der Waals surface area contributed by atoms with Gasteiger partial charge in [0.25, 0.3) is 0 Å². The third-order valence-corrected chi connectivity index (χ3v) is 3.69. The minimum absolute atomic E-state index is 0.134. The molecule has 0 saturated heterocycles. The van der Waals surface area contributed by atoms with E-state index in [9.17, 15) is 8.42 Å². The number of aryl methyl sites for hydroxylation is 1. The van der Waals surface area contributed by atoms with E-state index < -0.39 is 9.84 Å². The van der Waals surface area contributed by atoms with Gasteiger partial charge in [0.15, 0.2) is 9.84 Å². The third-order valence-electron chi connectivity index (χ3n) is 2.90. The van der Waals surface area contributed by atoms with E-state index in [1.807, 2.05) is 0 Å². The lowest BCUT2D eigenvalue weighted by atomic mass is 10.1. The first-order valence-electron chi connectivity index (χ1n) is 5.77. The smallest absolute Gasteiger partial charge is 0.154 e. The van der Waals surface area contributed by atoms with Gasteiger partial charge in [0.1, 0.15) is 17.4 Å². The fourth-order valence-corrected chi connectivity index (χ4v) is 2.75. The molecular formula is C11H17N3O2S. The van der Waals surface area contributed by atoms with Crippen molar-refractivity contribution in [2.45, 2.75) is 37.9 Å². The van der Waals surface area contributed by atoms with Crippen LogP contribution in [0.2, 0.25) is 0 Å². The van der Waals surface area contributed by atoms with Gasteiger partial charge in [-0.25, -0.2) is 18.4 Å². The van der Waals surface area contributed by atoms with Crippen molar-refractivity contribution in [3.63, 3.8) is 0 Å². The molecule has 6 heteroatoms. The van der Waals surface area contributed by atoms with Crippen LogP contribution < -0.4 is 5.73 Å². The molecule has 1 heterocycles. The highest BCUT2D eigenvalue weighted by atomic mass is 32.2. The van der Waals surface area contributed by atoms with Crippen LogP contribution in [0.3, 0.4) is 0 Å². The first-order chi connectivity index (χ1) is 7.96. The Morgan fingerprint density at radius 2 is 1.88 bits per heavy atom. The molecule has 5 nitrogen and oxygen atoms in total. The molecule has 0 unspecified atom stereocenters. The van der Waals surface area contributed by atoms with Gasteiger partial charge in [0.05, 0.1) is 0 Å². The van der Waals surface area contributed by atoms with Crippen molar-refractivity contribution in [3.8, 4) is 0 Å². The molecule has 94 valence electrons. The highest BCUT2D eigenvalue weighted by Crippen LogP contribution is 2.23. The molecule has 0 bridgehead atoms. The van der Waals surface area contributed by atoms with Crippen molar-refractivity contribution in [1.29, 1.82) is 0 Å². The molecule has 0 spiro atoms. The molecule has 17 heavy (non-hydrogen) atoms. The van der Waals surface area contributed by atoms with Crippen LogP contribution in [0, 0.1) is 0 Å². The van der Waals surface area contributed by atoms with Crippen LogP contribution in [0.1, 0.15) is 36.3 Å². The van der Waals surface area contributed by atoms with Crippen molar-refractivity contribution in [2.75, 3.05) is 12.0 Å². The summed E-state index contributed by atoms with van der Waals surface area (Å²) >= 11 is 0. The topological polar surface area (TPSA) is 85.9 Å². The number of fused-ring (bicyclic) bond motifs is 1. The maximum atomic E-state index is 11.2. The summed E-state index contributed by atoms with van der Waals surface area (Å²) < 4.78 is 22.5. The van der Waals surface area contributed by atoms with Crippen LogP contribution in [0.4, 0.5) is 5.82 Å². The van der Waals surface area contributed by atoms with Gasteiger partial charge in [-0.05, 0) is 25.7 Å². The zero-order valence-corrected chi connectivity index (χ0v) is 10.8. The number of anilines is 1. The van der Waals surface area contributed by atoms with Crippen molar-refractivity contribution in [2.24, 2.45) is 0 Å². The van der Waals surface area contributed by atoms with E-state index in [0.717, 1.165) is 43.4 Å². The number of nitrogens with two attached hydrogens (primary N) is 1. The molecule has 0 amide bonds. The van der Waals surface area contributed by atoms with Gasteiger partial charge in [0.2, 0.25) is 0 Å². The maximum Gasteiger partial charge on any atom is 0.154 e. The Morgan fingerprint density at radius 3 is 2.59 bits per heavy atom. The Balaban J connectivity index is 2.39. The summed E-state index contributed by atoms with van der Waals surface area (Å²) in [7, 11) is -3.11. The zero-order valence-electron chi connectivity index (χ0n) is 9.94. The third kappa shape index (κ3) is 3.15. The fourth-order valence-electron chi connectivity index (χ4n) is 2.15. The van der Waals surface area contributed by atoms with Crippen molar-refractivity contribution >= 4 is 15.7 Å².